The molecule has 0 aliphatic heterocycles. The van der Waals surface area contributed by atoms with Crippen LogP contribution in [-0.2, 0) is 11.2 Å². The van der Waals surface area contributed by atoms with Crippen LogP contribution in [0.2, 0.25) is 0 Å². The standard InChI is InChI=1S/C27H27N5O2S/c1-18-7-4-5-9-24(18)32-26(23-8-6-15-28-17-23)30-31-27(32)35-19(2)25(34)22-12-10-21(11-13-22)14-16-29-20(3)33/h4-13,15,17,19H,14,16H2,1-3H3,(H,29,33). The first-order chi connectivity index (χ1) is 16.9. The maximum absolute atomic E-state index is 13.2. The van der Waals surface area contributed by atoms with Gasteiger partial charge in [0.15, 0.2) is 16.8 Å². The zero-order valence-electron chi connectivity index (χ0n) is 19.9. The largest absolute Gasteiger partial charge is 0.356 e. The molecule has 8 heteroatoms. The molecule has 0 bridgehead atoms. The number of aryl methyl sites for hydroxylation is 1. The summed E-state index contributed by atoms with van der Waals surface area (Å²) in [5.74, 6) is 0.650. The number of pyridine rings is 1. The zero-order valence-corrected chi connectivity index (χ0v) is 20.7. The molecule has 0 spiro atoms. The number of Topliss-reactive ketones (excluding diaryl/α,β-unsaturated/α-hetero) is 1. The van der Waals surface area contributed by atoms with Gasteiger partial charge in [-0.2, -0.15) is 0 Å². The van der Waals surface area contributed by atoms with Gasteiger partial charge in [-0.3, -0.25) is 19.1 Å². The number of carbonyl (C=O) groups excluding carboxylic acids is 2. The highest BCUT2D eigenvalue weighted by atomic mass is 32.2. The van der Waals surface area contributed by atoms with Crippen molar-refractivity contribution in [3.8, 4) is 17.1 Å². The van der Waals surface area contributed by atoms with E-state index in [1.807, 2.05) is 79.1 Å². The first-order valence-electron chi connectivity index (χ1n) is 11.4. The topological polar surface area (TPSA) is 89.8 Å². The minimum absolute atomic E-state index is 0.0191. The first kappa shape index (κ1) is 24.3. The lowest BCUT2D eigenvalue weighted by Gasteiger charge is -2.15. The van der Waals surface area contributed by atoms with Crippen molar-refractivity contribution in [3.63, 3.8) is 0 Å². The summed E-state index contributed by atoms with van der Waals surface area (Å²) in [4.78, 5) is 28.5. The van der Waals surface area contributed by atoms with Crippen LogP contribution in [0.25, 0.3) is 17.1 Å². The van der Waals surface area contributed by atoms with E-state index in [9.17, 15) is 9.59 Å². The summed E-state index contributed by atoms with van der Waals surface area (Å²) < 4.78 is 1.99. The third-order valence-corrected chi connectivity index (χ3v) is 6.63. The van der Waals surface area contributed by atoms with E-state index in [0.29, 0.717) is 23.1 Å². The number of carbonyl (C=O) groups is 2. The highest BCUT2D eigenvalue weighted by Crippen LogP contribution is 2.32. The fourth-order valence-electron chi connectivity index (χ4n) is 3.72. The fraction of sp³-hybridized carbons (Fsp3) is 0.222. The van der Waals surface area contributed by atoms with Crippen LogP contribution in [0.1, 0.15) is 35.3 Å². The van der Waals surface area contributed by atoms with E-state index < -0.39 is 0 Å². The van der Waals surface area contributed by atoms with Gasteiger partial charge in [-0.25, -0.2) is 0 Å². The van der Waals surface area contributed by atoms with Crippen molar-refractivity contribution < 1.29 is 9.59 Å². The molecule has 4 rings (SSSR count). The monoisotopic (exact) mass is 485 g/mol. The van der Waals surface area contributed by atoms with Crippen molar-refractivity contribution in [2.24, 2.45) is 0 Å². The van der Waals surface area contributed by atoms with Crippen molar-refractivity contribution in [2.75, 3.05) is 6.54 Å². The van der Waals surface area contributed by atoms with Crippen LogP contribution < -0.4 is 5.32 Å². The van der Waals surface area contributed by atoms with Crippen LogP contribution in [0.4, 0.5) is 0 Å². The Hall–Kier alpha value is -3.78. The van der Waals surface area contributed by atoms with E-state index in [0.717, 1.165) is 28.8 Å². The van der Waals surface area contributed by atoms with E-state index in [1.54, 1.807) is 12.4 Å². The lowest BCUT2D eigenvalue weighted by atomic mass is 10.0. The lowest BCUT2D eigenvalue weighted by molar-refractivity contribution is -0.118. The number of benzene rings is 2. The summed E-state index contributed by atoms with van der Waals surface area (Å²) in [5.41, 5.74) is 4.60. The van der Waals surface area contributed by atoms with Gasteiger partial charge in [0.2, 0.25) is 5.91 Å². The van der Waals surface area contributed by atoms with Crippen molar-refractivity contribution in [1.82, 2.24) is 25.1 Å². The molecule has 178 valence electrons. The molecule has 2 heterocycles. The molecule has 4 aromatic rings. The van der Waals surface area contributed by atoms with E-state index in [-0.39, 0.29) is 16.9 Å². The Morgan fingerprint density at radius 1 is 1.03 bits per heavy atom. The zero-order chi connectivity index (χ0) is 24.8. The quantitative estimate of drug-likeness (QED) is 0.274. The molecule has 1 unspecified atom stereocenters. The number of aromatic nitrogens is 4. The fourth-order valence-corrected chi connectivity index (χ4v) is 4.66. The molecule has 0 aliphatic carbocycles. The molecule has 0 saturated carbocycles. The number of rotatable bonds is 9. The number of para-hydroxylation sites is 1. The van der Waals surface area contributed by atoms with Crippen LogP contribution in [0.5, 0.6) is 0 Å². The van der Waals surface area contributed by atoms with Crippen LogP contribution in [0, 0.1) is 6.92 Å². The molecule has 0 saturated heterocycles. The smallest absolute Gasteiger partial charge is 0.216 e. The minimum Gasteiger partial charge on any atom is -0.356 e. The number of thioether (sulfide) groups is 1. The molecule has 0 aliphatic rings. The molecule has 7 nitrogen and oxygen atoms in total. The third-order valence-electron chi connectivity index (χ3n) is 5.59. The molecule has 0 radical (unpaired) electrons. The molecule has 35 heavy (non-hydrogen) atoms. The highest BCUT2D eigenvalue weighted by Gasteiger charge is 2.23. The van der Waals surface area contributed by atoms with Gasteiger partial charge in [0.25, 0.3) is 0 Å². The summed E-state index contributed by atoms with van der Waals surface area (Å²) in [7, 11) is 0. The van der Waals surface area contributed by atoms with Gasteiger partial charge in [0.1, 0.15) is 0 Å². The Kier molecular flexibility index (Phi) is 7.72. The van der Waals surface area contributed by atoms with Crippen molar-refractivity contribution >= 4 is 23.5 Å². The average molecular weight is 486 g/mol. The summed E-state index contributed by atoms with van der Waals surface area (Å²) >= 11 is 1.39. The second-order valence-electron chi connectivity index (χ2n) is 8.22. The van der Waals surface area contributed by atoms with Gasteiger partial charge < -0.3 is 5.32 Å². The minimum atomic E-state index is -0.367. The van der Waals surface area contributed by atoms with Crippen LogP contribution in [0.3, 0.4) is 0 Å². The Labute approximate surface area is 209 Å². The van der Waals surface area contributed by atoms with Crippen molar-refractivity contribution in [3.05, 3.63) is 89.7 Å². The number of hydrogen-bond acceptors (Lipinski definition) is 6. The van der Waals surface area contributed by atoms with Gasteiger partial charge in [0, 0.05) is 37.0 Å². The van der Waals surface area contributed by atoms with Gasteiger partial charge in [-0.15, -0.1) is 10.2 Å². The number of amides is 1. The molecular weight excluding hydrogens is 458 g/mol. The van der Waals surface area contributed by atoms with E-state index >= 15 is 0 Å². The molecule has 0 fully saturated rings. The molecule has 1 atom stereocenters. The van der Waals surface area contributed by atoms with Gasteiger partial charge >= 0.3 is 0 Å². The lowest BCUT2D eigenvalue weighted by Crippen LogP contribution is -2.22. The summed E-state index contributed by atoms with van der Waals surface area (Å²) in [6, 6.07) is 19.4. The second-order valence-corrected chi connectivity index (χ2v) is 9.53. The summed E-state index contributed by atoms with van der Waals surface area (Å²) in [5, 5.41) is 12.0. The summed E-state index contributed by atoms with van der Waals surface area (Å²) in [6.45, 7) is 6.00. The number of nitrogens with zero attached hydrogens (tertiary/aromatic N) is 4. The average Bonchev–Trinajstić information content (AvgIpc) is 3.27. The van der Waals surface area contributed by atoms with Crippen LogP contribution in [-0.4, -0.2) is 43.2 Å². The molecule has 1 N–H and O–H groups in total. The van der Waals surface area contributed by atoms with Gasteiger partial charge in [0.05, 0.1) is 10.9 Å². The van der Waals surface area contributed by atoms with E-state index in [4.69, 9.17) is 0 Å². The van der Waals surface area contributed by atoms with Gasteiger partial charge in [-0.05, 0) is 49.6 Å². The number of ketones is 1. The van der Waals surface area contributed by atoms with E-state index in [2.05, 4.69) is 20.5 Å². The summed E-state index contributed by atoms with van der Waals surface area (Å²) in [6.07, 6.45) is 4.20. The third kappa shape index (κ3) is 5.84. The Bertz CT molecular complexity index is 1320. The number of hydrogen-bond donors (Lipinski definition) is 1. The second kappa shape index (κ2) is 11.1. The maximum atomic E-state index is 13.2. The Morgan fingerprint density at radius 2 is 1.80 bits per heavy atom. The number of nitrogens with one attached hydrogen (secondary N) is 1. The Morgan fingerprint density at radius 3 is 2.49 bits per heavy atom. The molecular formula is C27H27N5O2S. The van der Waals surface area contributed by atoms with Gasteiger partial charge in [-0.1, -0.05) is 54.2 Å². The van der Waals surface area contributed by atoms with Crippen molar-refractivity contribution in [2.45, 2.75) is 37.6 Å². The first-order valence-corrected chi connectivity index (χ1v) is 12.3. The SMILES string of the molecule is CC(=O)NCCc1ccc(C(=O)C(C)Sc2nnc(-c3cccnc3)n2-c2ccccc2C)cc1. The molecule has 1 amide bonds. The van der Waals surface area contributed by atoms with Crippen molar-refractivity contribution in [1.29, 1.82) is 0 Å². The van der Waals surface area contributed by atoms with E-state index in [1.165, 1.54) is 18.7 Å². The highest BCUT2D eigenvalue weighted by molar-refractivity contribution is 8.00. The molecule has 2 aromatic heterocycles. The predicted molar refractivity (Wildman–Crippen MR) is 138 cm³/mol. The van der Waals surface area contributed by atoms with Crippen LogP contribution >= 0.6 is 11.8 Å². The maximum Gasteiger partial charge on any atom is 0.216 e. The predicted octanol–water partition coefficient (Wildman–Crippen LogP) is 4.68. The normalized spacial score (nSPS) is 11.7. The van der Waals surface area contributed by atoms with Crippen LogP contribution in [0.15, 0.2) is 78.2 Å². The molecule has 2 aromatic carbocycles. The Balaban J connectivity index is 1.57.